The first-order valence-corrected chi connectivity index (χ1v) is 16.2. The molecule has 2 saturated heterocycles. The van der Waals surface area contributed by atoms with Gasteiger partial charge in [-0.1, -0.05) is 97.8 Å². The number of fused-ring (bicyclic) bond motifs is 2. The average Bonchev–Trinajstić information content (AvgIpc) is 3.07. The van der Waals surface area contributed by atoms with E-state index in [9.17, 15) is 0 Å². The fraction of sp³-hybridized carbons (Fsp3) is 0.368. The van der Waals surface area contributed by atoms with Crippen LogP contribution in [0, 0.1) is 0 Å². The maximum atomic E-state index is 6.78. The molecule has 2 aliphatic rings. The van der Waals surface area contributed by atoms with Gasteiger partial charge in [0.15, 0.2) is 0 Å². The monoisotopic (exact) mass is 586 g/mol. The molecule has 6 heteroatoms. The van der Waals surface area contributed by atoms with Crippen LogP contribution in [0.1, 0.15) is 61.9 Å². The topological polar surface area (TPSA) is 50.7 Å². The van der Waals surface area contributed by atoms with Gasteiger partial charge in [-0.2, -0.15) is 0 Å². The fourth-order valence-corrected chi connectivity index (χ4v) is 7.36. The minimum Gasteiger partial charge on any atom is -0.467 e. The molecule has 2 fully saturated rings. The maximum Gasteiger partial charge on any atom is 0.234 e. The summed E-state index contributed by atoms with van der Waals surface area (Å²) in [4.78, 5) is 4.88. The Balaban J connectivity index is 1.19. The van der Waals surface area contributed by atoms with E-state index in [0.29, 0.717) is 11.8 Å². The van der Waals surface area contributed by atoms with E-state index in [1.54, 1.807) is 0 Å². The third-order valence-electron chi connectivity index (χ3n) is 9.72. The molecule has 7 rings (SSSR count). The Morgan fingerprint density at radius 1 is 0.545 bits per heavy atom. The van der Waals surface area contributed by atoms with Gasteiger partial charge < -0.3 is 9.47 Å². The summed E-state index contributed by atoms with van der Waals surface area (Å²) in [5, 5.41) is 14.1. The highest BCUT2D eigenvalue weighted by Crippen LogP contribution is 2.37. The van der Waals surface area contributed by atoms with Crippen molar-refractivity contribution in [1.29, 1.82) is 0 Å². The van der Waals surface area contributed by atoms with Crippen molar-refractivity contribution >= 4 is 21.5 Å². The van der Waals surface area contributed by atoms with Crippen LogP contribution in [0.25, 0.3) is 21.5 Å². The van der Waals surface area contributed by atoms with E-state index in [2.05, 4.69) is 119 Å². The van der Waals surface area contributed by atoms with Gasteiger partial charge in [0.05, 0.1) is 12.1 Å². The van der Waals surface area contributed by atoms with Gasteiger partial charge in [0.25, 0.3) is 0 Å². The van der Waals surface area contributed by atoms with Crippen LogP contribution < -0.4 is 9.47 Å². The fourth-order valence-electron chi connectivity index (χ4n) is 7.36. The lowest BCUT2D eigenvalue weighted by Crippen LogP contribution is -2.42. The molecular formula is C38H42N4O2. The van der Waals surface area contributed by atoms with E-state index in [1.807, 2.05) is 12.1 Å². The number of rotatable bonds is 8. The minimum atomic E-state index is -0.160. The highest BCUT2D eigenvalue weighted by Gasteiger charge is 2.34. The lowest BCUT2D eigenvalue weighted by molar-refractivity contribution is 0.0495. The second-order valence-corrected chi connectivity index (χ2v) is 12.5. The lowest BCUT2D eigenvalue weighted by atomic mass is 9.90. The van der Waals surface area contributed by atoms with Gasteiger partial charge in [0, 0.05) is 23.3 Å². The molecule has 6 nitrogen and oxygen atoms in total. The molecule has 0 saturated carbocycles. The van der Waals surface area contributed by atoms with Gasteiger partial charge in [-0.05, 0) is 74.4 Å². The molecule has 0 N–H and O–H groups in total. The zero-order valence-corrected chi connectivity index (χ0v) is 25.8. The standard InChI is InChI=1S/C38H42N4O2/c1-41-25-9-7-21-33(41)37(31-19-11-15-27-13-3-5-17-29(27)31)43-35-23-24-36(40-39-35)44-38(34-22-8-10-26-42(34)2)32-20-12-16-28-14-4-6-18-30(28)32/h3-6,11-20,23-24,33-34,37-38H,7-10,21-22,25-26H2,1-2H3/t33-,34-,37?,38?/m0/s1. The number of piperidine rings is 2. The molecule has 2 unspecified atom stereocenters. The Morgan fingerprint density at radius 2 is 0.977 bits per heavy atom. The van der Waals surface area contributed by atoms with Crippen LogP contribution in [-0.2, 0) is 0 Å². The SMILES string of the molecule is CN1CCCC[C@H]1C(Oc1ccc(OC(c2cccc3ccccc23)[C@@H]2CCCCN2C)nn1)c1cccc2ccccc12. The van der Waals surface area contributed by atoms with Gasteiger partial charge in [-0.25, -0.2) is 0 Å². The molecule has 226 valence electrons. The first-order valence-electron chi connectivity index (χ1n) is 16.2. The summed E-state index contributed by atoms with van der Waals surface area (Å²) >= 11 is 0. The Labute approximate surface area is 260 Å². The molecule has 0 radical (unpaired) electrons. The van der Waals surface area contributed by atoms with E-state index in [-0.39, 0.29) is 24.3 Å². The predicted molar refractivity (Wildman–Crippen MR) is 177 cm³/mol. The van der Waals surface area contributed by atoms with Crippen LogP contribution in [-0.4, -0.2) is 59.3 Å². The Hall–Kier alpha value is -4.00. The summed E-state index contributed by atoms with van der Waals surface area (Å²) in [6.45, 7) is 2.14. The van der Waals surface area contributed by atoms with Crippen molar-refractivity contribution in [2.45, 2.75) is 62.8 Å². The quantitative estimate of drug-likeness (QED) is 0.184. The smallest absolute Gasteiger partial charge is 0.234 e. The third kappa shape index (κ3) is 5.89. The van der Waals surface area contributed by atoms with Gasteiger partial charge >= 0.3 is 0 Å². The van der Waals surface area contributed by atoms with Crippen LogP contribution in [0.15, 0.2) is 97.1 Å². The molecule has 5 aromatic rings. The van der Waals surface area contributed by atoms with Gasteiger partial charge in [0.1, 0.15) is 12.2 Å². The number of hydrogen-bond donors (Lipinski definition) is 0. The molecule has 44 heavy (non-hydrogen) atoms. The van der Waals surface area contributed by atoms with Crippen molar-refractivity contribution in [3.8, 4) is 11.8 Å². The van der Waals surface area contributed by atoms with Crippen molar-refractivity contribution < 1.29 is 9.47 Å². The zero-order chi connectivity index (χ0) is 29.9. The Bertz CT molecular complexity index is 1570. The Kier molecular flexibility index (Phi) is 8.45. The molecule has 3 heterocycles. The van der Waals surface area contributed by atoms with Crippen LogP contribution >= 0.6 is 0 Å². The molecule has 0 spiro atoms. The van der Waals surface area contributed by atoms with E-state index in [4.69, 9.17) is 9.47 Å². The summed E-state index contributed by atoms with van der Waals surface area (Å²) in [6, 6.07) is 34.5. The van der Waals surface area contributed by atoms with Crippen molar-refractivity contribution in [1.82, 2.24) is 20.0 Å². The predicted octanol–water partition coefficient (Wildman–Crippen LogP) is 7.99. The molecule has 4 aromatic carbocycles. The summed E-state index contributed by atoms with van der Waals surface area (Å²) in [5.41, 5.74) is 2.39. The van der Waals surface area contributed by atoms with E-state index in [0.717, 1.165) is 25.9 Å². The lowest BCUT2D eigenvalue weighted by Gasteiger charge is -2.38. The average molecular weight is 587 g/mol. The minimum absolute atomic E-state index is 0.160. The summed E-state index contributed by atoms with van der Waals surface area (Å²) < 4.78 is 13.6. The second kappa shape index (κ2) is 12.9. The first kappa shape index (κ1) is 28.8. The molecule has 1 aromatic heterocycles. The maximum absolute atomic E-state index is 6.78. The van der Waals surface area contributed by atoms with Gasteiger partial charge in [-0.15, -0.1) is 10.2 Å². The normalized spacial score (nSPS) is 21.2. The number of aromatic nitrogens is 2. The summed E-state index contributed by atoms with van der Waals surface area (Å²) in [6.07, 6.45) is 6.68. The number of hydrogen-bond acceptors (Lipinski definition) is 6. The summed E-state index contributed by atoms with van der Waals surface area (Å²) in [7, 11) is 4.42. The van der Waals surface area contributed by atoms with Gasteiger partial charge in [-0.3, -0.25) is 9.80 Å². The van der Waals surface area contributed by atoms with Crippen molar-refractivity contribution in [2.24, 2.45) is 0 Å². The summed E-state index contributed by atoms with van der Waals surface area (Å²) in [5.74, 6) is 1.04. The Morgan fingerprint density at radius 3 is 1.41 bits per heavy atom. The van der Waals surface area contributed by atoms with Gasteiger partial charge in [0.2, 0.25) is 11.8 Å². The molecule has 0 bridgehead atoms. The van der Waals surface area contributed by atoms with Crippen LogP contribution in [0.3, 0.4) is 0 Å². The van der Waals surface area contributed by atoms with Crippen LogP contribution in [0.2, 0.25) is 0 Å². The molecular weight excluding hydrogens is 544 g/mol. The van der Waals surface area contributed by atoms with E-state index >= 15 is 0 Å². The van der Waals surface area contributed by atoms with Crippen molar-refractivity contribution in [3.05, 3.63) is 108 Å². The van der Waals surface area contributed by atoms with Crippen LogP contribution in [0.5, 0.6) is 11.8 Å². The number of benzene rings is 4. The van der Waals surface area contributed by atoms with Crippen molar-refractivity contribution in [3.63, 3.8) is 0 Å². The number of likely N-dealkylation sites (N-methyl/N-ethyl adjacent to an activating group) is 2. The number of likely N-dealkylation sites (tertiary alicyclic amines) is 2. The van der Waals surface area contributed by atoms with Crippen molar-refractivity contribution in [2.75, 3.05) is 27.2 Å². The highest BCUT2D eigenvalue weighted by atomic mass is 16.5. The highest BCUT2D eigenvalue weighted by molar-refractivity contribution is 5.87. The van der Waals surface area contributed by atoms with E-state index < -0.39 is 0 Å². The molecule has 0 aliphatic carbocycles. The molecule has 4 atom stereocenters. The van der Waals surface area contributed by atoms with Crippen LogP contribution in [0.4, 0.5) is 0 Å². The second-order valence-electron chi connectivity index (χ2n) is 12.5. The third-order valence-corrected chi connectivity index (χ3v) is 9.72. The number of nitrogens with zero attached hydrogens (tertiary/aromatic N) is 4. The molecule has 0 amide bonds. The molecule has 2 aliphatic heterocycles. The first-order chi connectivity index (χ1) is 21.7. The largest absolute Gasteiger partial charge is 0.467 e. The zero-order valence-electron chi connectivity index (χ0n) is 25.8. The van der Waals surface area contributed by atoms with E-state index in [1.165, 1.54) is 58.4 Å². The number of ether oxygens (including phenoxy) is 2.